The first-order valence-corrected chi connectivity index (χ1v) is 10.7. The molecule has 2 atom stereocenters. The second kappa shape index (κ2) is 9.95. The molecule has 0 radical (unpaired) electrons. The first kappa shape index (κ1) is 20.7. The number of nitrogens with two attached hydrogens (primary N) is 1. The van der Waals surface area contributed by atoms with Crippen LogP contribution in [0.5, 0.6) is 5.75 Å². The highest BCUT2D eigenvalue weighted by Gasteiger charge is 2.31. The zero-order valence-electron chi connectivity index (χ0n) is 14.6. The Morgan fingerprint density at radius 1 is 1.28 bits per heavy atom. The van der Waals surface area contributed by atoms with Crippen molar-refractivity contribution in [3.05, 3.63) is 29.8 Å². The van der Waals surface area contributed by atoms with E-state index in [-0.39, 0.29) is 31.0 Å². The third-order valence-electron chi connectivity index (χ3n) is 4.66. The van der Waals surface area contributed by atoms with Gasteiger partial charge in [0.25, 0.3) is 5.91 Å². The molecule has 2 saturated heterocycles. The quantitative estimate of drug-likeness (QED) is 0.816. The number of likely N-dealkylation sites (tertiary alicyclic amines) is 1. The highest BCUT2D eigenvalue weighted by Crippen LogP contribution is 2.43. The number of rotatable bonds is 5. The van der Waals surface area contributed by atoms with Crippen molar-refractivity contribution in [3.63, 3.8) is 0 Å². The number of ether oxygens (including phenoxy) is 1. The summed E-state index contributed by atoms with van der Waals surface area (Å²) in [7, 11) is 0. The Kier molecular flexibility index (Phi) is 8.26. The molecule has 2 aliphatic heterocycles. The van der Waals surface area contributed by atoms with Gasteiger partial charge in [0.2, 0.25) is 0 Å². The zero-order chi connectivity index (χ0) is 16.9. The van der Waals surface area contributed by atoms with E-state index >= 15 is 0 Å². The summed E-state index contributed by atoms with van der Waals surface area (Å²) >= 11 is 4.02. The van der Waals surface area contributed by atoms with Crippen LogP contribution in [0.3, 0.4) is 0 Å². The van der Waals surface area contributed by atoms with Crippen LogP contribution >= 0.6 is 35.9 Å². The van der Waals surface area contributed by atoms with E-state index in [0.717, 1.165) is 18.7 Å². The molecule has 25 heavy (non-hydrogen) atoms. The number of halogens is 1. The van der Waals surface area contributed by atoms with Crippen molar-refractivity contribution in [3.8, 4) is 5.75 Å². The van der Waals surface area contributed by atoms with Crippen molar-refractivity contribution in [2.24, 2.45) is 11.7 Å². The summed E-state index contributed by atoms with van der Waals surface area (Å²) in [5.74, 6) is 3.72. The number of hydrogen-bond donors (Lipinski definition) is 1. The van der Waals surface area contributed by atoms with E-state index < -0.39 is 0 Å². The van der Waals surface area contributed by atoms with Crippen LogP contribution in [0.4, 0.5) is 0 Å². The molecule has 2 fully saturated rings. The van der Waals surface area contributed by atoms with Crippen molar-refractivity contribution in [1.29, 1.82) is 0 Å². The molecule has 2 aliphatic rings. The van der Waals surface area contributed by atoms with Gasteiger partial charge in [-0.1, -0.05) is 12.1 Å². The summed E-state index contributed by atoms with van der Waals surface area (Å²) in [6.07, 6.45) is 2.29. The molecule has 0 bridgehead atoms. The van der Waals surface area contributed by atoms with Gasteiger partial charge in [0.1, 0.15) is 5.75 Å². The van der Waals surface area contributed by atoms with E-state index in [2.05, 4.69) is 19.1 Å². The van der Waals surface area contributed by atoms with Gasteiger partial charge < -0.3 is 15.4 Å². The Hall–Kier alpha value is -0.560. The lowest BCUT2D eigenvalue weighted by Crippen LogP contribution is -2.37. The molecule has 0 aliphatic carbocycles. The largest absolute Gasteiger partial charge is 0.484 e. The molecule has 4 nitrogen and oxygen atoms in total. The first-order valence-electron chi connectivity index (χ1n) is 8.63. The van der Waals surface area contributed by atoms with E-state index in [4.69, 9.17) is 10.5 Å². The first-order chi connectivity index (χ1) is 11.7. The van der Waals surface area contributed by atoms with Crippen molar-refractivity contribution in [2.75, 3.05) is 31.2 Å². The van der Waals surface area contributed by atoms with E-state index in [1.165, 1.54) is 23.5 Å². The van der Waals surface area contributed by atoms with Crippen molar-refractivity contribution >= 4 is 41.8 Å². The van der Waals surface area contributed by atoms with Crippen LogP contribution in [0.1, 0.15) is 29.9 Å². The molecule has 7 heteroatoms. The molecule has 0 spiro atoms. The summed E-state index contributed by atoms with van der Waals surface area (Å²) in [5.41, 5.74) is 7.06. The molecule has 1 amide bonds. The number of hydrogen-bond acceptors (Lipinski definition) is 5. The molecule has 140 valence electrons. The molecule has 3 rings (SSSR count). The molecule has 1 aromatic carbocycles. The lowest BCUT2D eigenvalue weighted by Gasteiger charge is -2.22. The Labute approximate surface area is 165 Å². The SMILES string of the molecule is CC1CC(CN)CN1C(=O)COc1ccc(C2SCCCS2)cc1.Cl. The predicted molar refractivity (Wildman–Crippen MR) is 110 cm³/mol. The second-order valence-corrected chi connectivity index (χ2v) is 9.24. The van der Waals surface area contributed by atoms with Crippen LogP contribution in [-0.2, 0) is 4.79 Å². The number of nitrogens with zero attached hydrogens (tertiary/aromatic N) is 1. The minimum absolute atomic E-state index is 0. The zero-order valence-corrected chi connectivity index (χ0v) is 17.0. The summed E-state index contributed by atoms with van der Waals surface area (Å²) < 4.78 is 6.24. The lowest BCUT2D eigenvalue weighted by atomic mass is 10.1. The van der Waals surface area contributed by atoms with E-state index in [1.807, 2.05) is 40.6 Å². The van der Waals surface area contributed by atoms with Gasteiger partial charge in [0.15, 0.2) is 6.61 Å². The lowest BCUT2D eigenvalue weighted by molar-refractivity contribution is -0.134. The number of carbonyl (C=O) groups excluding carboxylic acids is 1. The maximum atomic E-state index is 12.4. The van der Waals surface area contributed by atoms with E-state index in [0.29, 0.717) is 17.0 Å². The molecule has 0 aromatic heterocycles. The maximum Gasteiger partial charge on any atom is 0.260 e. The Balaban J connectivity index is 0.00000225. The van der Waals surface area contributed by atoms with Crippen molar-refractivity contribution in [2.45, 2.75) is 30.4 Å². The normalized spacial score (nSPS) is 24.0. The summed E-state index contributed by atoms with van der Waals surface area (Å²) in [5, 5.41) is 0. The summed E-state index contributed by atoms with van der Waals surface area (Å²) in [6, 6.07) is 8.47. The van der Waals surface area contributed by atoms with E-state index in [1.54, 1.807) is 0 Å². The monoisotopic (exact) mass is 402 g/mol. The van der Waals surface area contributed by atoms with Crippen LogP contribution in [0.2, 0.25) is 0 Å². The van der Waals surface area contributed by atoms with Gasteiger partial charge in [-0.05, 0) is 61.4 Å². The molecular formula is C18H27ClN2O2S2. The van der Waals surface area contributed by atoms with Gasteiger partial charge in [-0.2, -0.15) is 0 Å². The molecular weight excluding hydrogens is 376 g/mol. The Morgan fingerprint density at radius 2 is 1.96 bits per heavy atom. The highest BCUT2D eigenvalue weighted by molar-refractivity contribution is 8.16. The molecule has 2 heterocycles. The third-order valence-corrected chi connectivity index (χ3v) is 7.67. The molecule has 2 unspecified atom stereocenters. The number of benzene rings is 1. The van der Waals surface area contributed by atoms with Crippen LogP contribution in [0.15, 0.2) is 24.3 Å². The molecule has 0 saturated carbocycles. The predicted octanol–water partition coefficient (Wildman–Crippen LogP) is 3.55. The summed E-state index contributed by atoms with van der Waals surface area (Å²) in [4.78, 5) is 14.3. The standard InChI is InChI=1S/C18H26N2O2S2.ClH/c1-13-9-14(10-19)11-20(13)17(21)12-22-16-5-3-15(4-6-16)18-23-7-2-8-24-18;/h3-6,13-14,18H,2,7-12,19H2,1H3;1H. The average molecular weight is 403 g/mol. The van der Waals surface area contributed by atoms with Crippen molar-refractivity contribution < 1.29 is 9.53 Å². The summed E-state index contributed by atoms with van der Waals surface area (Å²) in [6.45, 7) is 3.60. The van der Waals surface area contributed by atoms with Crippen LogP contribution < -0.4 is 10.5 Å². The Morgan fingerprint density at radius 3 is 2.56 bits per heavy atom. The fraction of sp³-hybridized carbons (Fsp3) is 0.611. The van der Waals surface area contributed by atoms with Gasteiger partial charge in [0, 0.05) is 12.6 Å². The topological polar surface area (TPSA) is 55.6 Å². The number of amides is 1. The van der Waals surface area contributed by atoms with Crippen LogP contribution in [-0.4, -0.2) is 48.1 Å². The fourth-order valence-electron chi connectivity index (χ4n) is 3.29. The third kappa shape index (κ3) is 5.46. The fourth-order valence-corrected chi connectivity index (χ4v) is 6.18. The van der Waals surface area contributed by atoms with Gasteiger partial charge in [-0.15, -0.1) is 35.9 Å². The minimum atomic E-state index is 0. The molecule has 2 N–H and O–H groups in total. The molecule has 1 aromatic rings. The van der Waals surface area contributed by atoms with Gasteiger partial charge in [-0.3, -0.25) is 4.79 Å². The second-order valence-electron chi connectivity index (χ2n) is 6.52. The van der Waals surface area contributed by atoms with Crippen LogP contribution in [0.25, 0.3) is 0 Å². The van der Waals surface area contributed by atoms with E-state index in [9.17, 15) is 4.79 Å². The average Bonchev–Trinajstić information content (AvgIpc) is 3.02. The minimum Gasteiger partial charge on any atom is -0.484 e. The number of thioether (sulfide) groups is 2. The highest BCUT2D eigenvalue weighted by atomic mass is 35.5. The van der Waals surface area contributed by atoms with Gasteiger partial charge in [0.05, 0.1) is 4.58 Å². The number of carbonyl (C=O) groups is 1. The smallest absolute Gasteiger partial charge is 0.260 e. The van der Waals surface area contributed by atoms with Gasteiger partial charge >= 0.3 is 0 Å². The van der Waals surface area contributed by atoms with Gasteiger partial charge in [-0.25, -0.2) is 0 Å². The van der Waals surface area contributed by atoms with Crippen LogP contribution in [0, 0.1) is 5.92 Å². The van der Waals surface area contributed by atoms with Crippen molar-refractivity contribution in [1.82, 2.24) is 4.90 Å². The Bertz CT molecular complexity index is 553. The maximum absolute atomic E-state index is 12.4.